The van der Waals surface area contributed by atoms with Crippen LogP contribution in [0, 0.1) is 11.8 Å². The Bertz CT molecular complexity index is 539. The average molecular weight is 320 g/mol. The molecule has 1 N–H and O–H groups in total. The van der Waals surface area contributed by atoms with Crippen LogP contribution < -0.4 is 0 Å². The average Bonchev–Trinajstić information content (AvgIpc) is 3.09. The largest absolute Gasteiger partial charge is 0.388 e. The Morgan fingerprint density at radius 2 is 1.73 bits per heavy atom. The molecule has 1 aromatic carbocycles. The number of benzene rings is 1. The van der Waals surface area contributed by atoms with Crippen molar-refractivity contribution in [3.8, 4) is 0 Å². The number of halogens is 1. The summed E-state index contributed by atoms with van der Waals surface area (Å²) in [5.41, 5.74) is 0.911. The van der Waals surface area contributed by atoms with E-state index in [2.05, 4.69) is 12.2 Å². The van der Waals surface area contributed by atoms with Crippen LogP contribution in [-0.4, -0.2) is 29.0 Å². The van der Waals surface area contributed by atoms with Gasteiger partial charge in [0.2, 0.25) is 5.91 Å². The molecule has 1 aromatic rings. The molecule has 1 saturated heterocycles. The summed E-state index contributed by atoms with van der Waals surface area (Å²) in [5.74, 6) is 0.647. The third kappa shape index (κ3) is 3.36. The quantitative estimate of drug-likeness (QED) is 0.865. The minimum absolute atomic E-state index is 0.151. The number of nitrogens with zero attached hydrogens (tertiary/aromatic N) is 1. The summed E-state index contributed by atoms with van der Waals surface area (Å²) in [5, 5.41) is 11.2. The second-order valence-electron chi connectivity index (χ2n) is 6.30. The fourth-order valence-corrected chi connectivity index (χ4v) is 3.57. The lowest BCUT2D eigenvalue weighted by Gasteiger charge is -2.35. The van der Waals surface area contributed by atoms with Gasteiger partial charge in [-0.3, -0.25) is 4.79 Å². The van der Waals surface area contributed by atoms with Crippen LogP contribution in [0.1, 0.15) is 37.4 Å². The number of carbonyl (C=O) groups excluding carboxylic acids is 1. The highest BCUT2D eigenvalue weighted by Gasteiger charge is 2.31. The van der Waals surface area contributed by atoms with Crippen LogP contribution in [0.25, 0.3) is 0 Å². The summed E-state index contributed by atoms with van der Waals surface area (Å²) in [6.07, 6.45) is 7.20. The Kier molecular flexibility index (Phi) is 4.84. The van der Waals surface area contributed by atoms with E-state index >= 15 is 0 Å². The Morgan fingerprint density at radius 3 is 2.32 bits per heavy atom. The first-order valence-electron chi connectivity index (χ1n) is 8.02. The molecule has 1 aliphatic carbocycles. The number of carbonyl (C=O) groups is 1. The van der Waals surface area contributed by atoms with Gasteiger partial charge in [0, 0.05) is 24.0 Å². The van der Waals surface area contributed by atoms with Gasteiger partial charge in [0.25, 0.3) is 0 Å². The number of hydrogen-bond donors (Lipinski definition) is 1. The molecule has 1 unspecified atom stereocenters. The Morgan fingerprint density at radius 1 is 1.14 bits per heavy atom. The van der Waals surface area contributed by atoms with E-state index in [1.54, 1.807) is 0 Å². The number of piperidine rings is 1. The van der Waals surface area contributed by atoms with E-state index in [0.717, 1.165) is 44.3 Å². The van der Waals surface area contributed by atoms with Gasteiger partial charge in [0.05, 0.1) is 6.10 Å². The predicted octanol–water partition coefficient (Wildman–Crippen LogP) is 3.58. The van der Waals surface area contributed by atoms with Crippen LogP contribution in [0.5, 0.6) is 0 Å². The second-order valence-corrected chi connectivity index (χ2v) is 6.74. The van der Waals surface area contributed by atoms with Gasteiger partial charge in [-0.1, -0.05) is 35.9 Å². The molecule has 1 atom stereocenters. The van der Waals surface area contributed by atoms with E-state index in [0.29, 0.717) is 5.02 Å². The normalized spacial score (nSPS) is 21.3. The van der Waals surface area contributed by atoms with Crippen LogP contribution in [0.4, 0.5) is 0 Å². The lowest BCUT2D eigenvalue weighted by Crippen LogP contribution is -2.42. The van der Waals surface area contributed by atoms with Crippen LogP contribution >= 0.6 is 11.6 Å². The molecule has 1 amide bonds. The lowest BCUT2D eigenvalue weighted by atomic mass is 9.87. The molecule has 2 aliphatic rings. The van der Waals surface area contributed by atoms with E-state index < -0.39 is 6.10 Å². The summed E-state index contributed by atoms with van der Waals surface area (Å²) in [6.45, 7) is 1.51. The number of allylic oxidation sites excluding steroid dienone is 2. The van der Waals surface area contributed by atoms with E-state index in [-0.39, 0.29) is 17.7 Å². The van der Waals surface area contributed by atoms with Gasteiger partial charge in [-0.05, 0) is 49.3 Å². The maximum absolute atomic E-state index is 12.4. The molecule has 0 radical (unpaired) electrons. The number of aliphatic hydroxyl groups excluding tert-OH is 1. The maximum atomic E-state index is 12.4. The molecule has 3 nitrogen and oxygen atoms in total. The molecular weight excluding hydrogens is 298 g/mol. The van der Waals surface area contributed by atoms with Gasteiger partial charge in [0.15, 0.2) is 0 Å². The minimum Gasteiger partial charge on any atom is -0.388 e. The van der Waals surface area contributed by atoms with E-state index in [4.69, 9.17) is 11.6 Å². The first kappa shape index (κ1) is 15.6. The fourth-order valence-electron chi connectivity index (χ4n) is 3.44. The predicted molar refractivity (Wildman–Crippen MR) is 87.6 cm³/mol. The summed E-state index contributed by atoms with van der Waals surface area (Å²) in [7, 11) is 0. The van der Waals surface area contributed by atoms with Crippen molar-refractivity contribution in [1.29, 1.82) is 0 Å². The first-order chi connectivity index (χ1) is 10.6. The Balaban J connectivity index is 1.54. The molecular formula is C18H22ClNO2. The summed E-state index contributed by atoms with van der Waals surface area (Å²) < 4.78 is 0. The highest BCUT2D eigenvalue weighted by atomic mass is 35.5. The number of aliphatic hydroxyl groups is 1. The smallest absolute Gasteiger partial charge is 0.226 e. The number of likely N-dealkylation sites (tertiary alicyclic amines) is 1. The number of rotatable bonds is 3. The lowest BCUT2D eigenvalue weighted by molar-refractivity contribution is -0.137. The van der Waals surface area contributed by atoms with Crippen LogP contribution in [0.2, 0.25) is 5.02 Å². The van der Waals surface area contributed by atoms with Crippen molar-refractivity contribution in [2.45, 2.75) is 31.8 Å². The molecule has 1 heterocycles. The van der Waals surface area contributed by atoms with Gasteiger partial charge >= 0.3 is 0 Å². The Labute approximate surface area is 136 Å². The third-order valence-corrected chi connectivity index (χ3v) is 5.12. The SMILES string of the molecule is O=C(C1CC=CC1)N1CCC(C(O)c2ccc(Cl)cc2)CC1. The highest BCUT2D eigenvalue weighted by molar-refractivity contribution is 6.30. The highest BCUT2D eigenvalue weighted by Crippen LogP contribution is 2.32. The number of hydrogen-bond acceptors (Lipinski definition) is 2. The summed E-state index contributed by atoms with van der Waals surface area (Å²) >= 11 is 5.89. The van der Waals surface area contributed by atoms with E-state index in [1.165, 1.54) is 0 Å². The molecule has 22 heavy (non-hydrogen) atoms. The molecule has 118 valence electrons. The van der Waals surface area contributed by atoms with Crippen LogP contribution in [0.3, 0.4) is 0 Å². The van der Waals surface area contributed by atoms with Crippen molar-refractivity contribution in [1.82, 2.24) is 4.90 Å². The van der Waals surface area contributed by atoms with Crippen LogP contribution in [-0.2, 0) is 4.79 Å². The van der Waals surface area contributed by atoms with Gasteiger partial charge in [-0.25, -0.2) is 0 Å². The van der Waals surface area contributed by atoms with Gasteiger partial charge in [-0.2, -0.15) is 0 Å². The van der Waals surface area contributed by atoms with Gasteiger partial charge in [0.1, 0.15) is 0 Å². The molecule has 4 heteroatoms. The van der Waals surface area contributed by atoms with Gasteiger partial charge < -0.3 is 10.0 Å². The molecule has 0 aromatic heterocycles. The zero-order chi connectivity index (χ0) is 15.5. The summed E-state index contributed by atoms with van der Waals surface area (Å²) in [4.78, 5) is 14.4. The summed E-state index contributed by atoms with van der Waals surface area (Å²) in [6, 6.07) is 7.39. The van der Waals surface area contributed by atoms with Crippen molar-refractivity contribution in [2.75, 3.05) is 13.1 Å². The van der Waals surface area contributed by atoms with Gasteiger partial charge in [-0.15, -0.1) is 0 Å². The minimum atomic E-state index is -0.470. The first-order valence-corrected chi connectivity index (χ1v) is 8.40. The van der Waals surface area contributed by atoms with Crippen molar-refractivity contribution in [3.63, 3.8) is 0 Å². The van der Waals surface area contributed by atoms with Crippen LogP contribution in [0.15, 0.2) is 36.4 Å². The van der Waals surface area contributed by atoms with Crippen molar-refractivity contribution >= 4 is 17.5 Å². The van der Waals surface area contributed by atoms with E-state index in [1.807, 2.05) is 29.2 Å². The Hall–Kier alpha value is -1.32. The van der Waals surface area contributed by atoms with Crippen molar-refractivity contribution < 1.29 is 9.90 Å². The monoisotopic (exact) mass is 319 g/mol. The second kappa shape index (κ2) is 6.84. The zero-order valence-electron chi connectivity index (χ0n) is 12.6. The molecule has 0 bridgehead atoms. The van der Waals surface area contributed by atoms with E-state index in [9.17, 15) is 9.90 Å². The van der Waals surface area contributed by atoms with Crippen molar-refractivity contribution in [3.05, 3.63) is 47.0 Å². The fraction of sp³-hybridized carbons (Fsp3) is 0.500. The molecule has 1 aliphatic heterocycles. The number of amides is 1. The third-order valence-electron chi connectivity index (χ3n) is 4.87. The van der Waals surface area contributed by atoms with Crippen molar-refractivity contribution in [2.24, 2.45) is 11.8 Å². The maximum Gasteiger partial charge on any atom is 0.226 e. The zero-order valence-corrected chi connectivity index (χ0v) is 13.4. The standard InChI is InChI=1S/C18H22ClNO2/c19-16-7-5-13(6-8-16)17(21)14-9-11-20(12-10-14)18(22)15-3-1-2-4-15/h1-2,5-8,14-15,17,21H,3-4,9-12H2. The molecule has 0 spiro atoms. The topological polar surface area (TPSA) is 40.5 Å². The molecule has 1 fully saturated rings. The molecule has 3 rings (SSSR count). The molecule has 0 saturated carbocycles.